The van der Waals surface area contributed by atoms with E-state index < -0.39 is 35.9 Å². The zero-order valence-corrected chi connectivity index (χ0v) is 18.0. The standard InChI is InChI=1S/C23H25F4N3O2/c1-21(2,17-9-15(24)6-13-4-5-32-20(13)17)12-22(31,23(25,26)27)10-16-7-14-8-19(28-3)29-11-18(14)30-16/h6-9,11,30-31H,4-5,10,12H2,1-3H3,(H,28,29). The van der Waals surface area contributed by atoms with Crippen LogP contribution in [0.3, 0.4) is 0 Å². The van der Waals surface area contributed by atoms with Gasteiger partial charge in [-0.3, -0.25) is 0 Å². The molecule has 0 saturated heterocycles. The fraction of sp³-hybridized carbons (Fsp3) is 0.435. The number of benzene rings is 1. The van der Waals surface area contributed by atoms with Gasteiger partial charge < -0.3 is 20.1 Å². The number of H-pyrrole nitrogens is 1. The van der Waals surface area contributed by atoms with Gasteiger partial charge in [0.05, 0.1) is 18.3 Å². The fourth-order valence-corrected chi connectivity index (χ4v) is 4.50. The molecule has 4 rings (SSSR count). The maximum absolute atomic E-state index is 14.2. The number of aromatic nitrogens is 2. The number of fused-ring (bicyclic) bond motifs is 2. The molecule has 3 N–H and O–H groups in total. The Hall–Kier alpha value is -2.81. The van der Waals surface area contributed by atoms with E-state index in [1.165, 1.54) is 18.3 Å². The van der Waals surface area contributed by atoms with Gasteiger partial charge in [0, 0.05) is 42.1 Å². The van der Waals surface area contributed by atoms with Crippen LogP contribution in [-0.2, 0) is 18.3 Å². The SMILES string of the molecule is CNc1cc2cc(CC(O)(CC(C)(C)c3cc(F)cc4c3OCC4)C(F)(F)F)[nH]c2cn1. The molecule has 172 valence electrons. The van der Waals surface area contributed by atoms with Crippen molar-refractivity contribution >= 4 is 16.7 Å². The van der Waals surface area contributed by atoms with E-state index in [1.807, 2.05) is 0 Å². The van der Waals surface area contributed by atoms with Crippen molar-refractivity contribution in [3.63, 3.8) is 0 Å². The van der Waals surface area contributed by atoms with Crippen LogP contribution in [0.25, 0.3) is 10.9 Å². The quantitative estimate of drug-likeness (QED) is 0.467. The van der Waals surface area contributed by atoms with E-state index in [1.54, 1.807) is 33.0 Å². The van der Waals surface area contributed by atoms with Crippen LogP contribution < -0.4 is 10.1 Å². The minimum Gasteiger partial charge on any atom is -0.493 e. The summed E-state index contributed by atoms with van der Waals surface area (Å²) in [5.74, 6) is 0.462. The number of hydrogen-bond donors (Lipinski definition) is 3. The number of ether oxygens (including phenoxy) is 1. The first-order chi connectivity index (χ1) is 14.9. The molecule has 1 aromatic carbocycles. The number of nitrogens with zero attached hydrogens (tertiary/aromatic N) is 1. The summed E-state index contributed by atoms with van der Waals surface area (Å²) in [4.78, 5) is 7.06. The number of anilines is 1. The monoisotopic (exact) mass is 451 g/mol. The van der Waals surface area contributed by atoms with Crippen molar-refractivity contribution in [1.82, 2.24) is 9.97 Å². The van der Waals surface area contributed by atoms with Gasteiger partial charge in [0.2, 0.25) is 0 Å². The highest BCUT2D eigenvalue weighted by atomic mass is 19.4. The number of alkyl halides is 3. The molecule has 0 spiro atoms. The van der Waals surface area contributed by atoms with E-state index in [-0.39, 0.29) is 5.69 Å². The molecule has 9 heteroatoms. The Kier molecular flexibility index (Phi) is 5.35. The third-order valence-electron chi connectivity index (χ3n) is 6.04. The fourth-order valence-electron chi connectivity index (χ4n) is 4.50. The van der Waals surface area contributed by atoms with Gasteiger partial charge in [0.25, 0.3) is 0 Å². The predicted molar refractivity (Wildman–Crippen MR) is 114 cm³/mol. The lowest BCUT2D eigenvalue weighted by Gasteiger charge is -2.38. The van der Waals surface area contributed by atoms with Crippen LogP contribution in [0.1, 0.15) is 37.1 Å². The summed E-state index contributed by atoms with van der Waals surface area (Å²) in [6, 6.07) is 5.83. The number of aromatic amines is 1. The Morgan fingerprint density at radius 3 is 2.62 bits per heavy atom. The summed E-state index contributed by atoms with van der Waals surface area (Å²) >= 11 is 0. The maximum Gasteiger partial charge on any atom is 0.417 e. The van der Waals surface area contributed by atoms with Crippen molar-refractivity contribution in [2.75, 3.05) is 19.0 Å². The van der Waals surface area contributed by atoms with Gasteiger partial charge in [0.1, 0.15) is 17.4 Å². The summed E-state index contributed by atoms with van der Waals surface area (Å²) in [6.07, 6.45) is -4.24. The second-order valence-corrected chi connectivity index (χ2v) is 9.01. The van der Waals surface area contributed by atoms with Gasteiger partial charge in [-0.15, -0.1) is 0 Å². The van der Waals surface area contributed by atoms with Crippen molar-refractivity contribution in [2.45, 2.75) is 50.3 Å². The maximum atomic E-state index is 14.2. The molecule has 0 radical (unpaired) electrons. The molecule has 2 aromatic heterocycles. The zero-order chi connectivity index (χ0) is 23.3. The number of aliphatic hydroxyl groups is 1. The lowest BCUT2D eigenvalue weighted by atomic mass is 9.72. The molecule has 0 aliphatic carbocycles. The Morgan fingerprint density at radius 2 is 1.94 bits per heavy atom. The summed E-state index contributed by atoms with van der Waals surface area (Å²) in [6.45, 7) is 3.48. The third kappa shape index (κ3) is 4.01. The van der Waals surface area contributed by atoms with E-state index in [9.17, 15) is 22.7 Å². The minimum absolute atomic E-state index is 0.228. The molecular weight excluding hydrogens is 426 g/mol. The van der Waals surface area contributed by atoms with Crippen molar-refractivity contribution in [3.8, 4) is 5.75 Å². The van der Waals surface area contributed by atoms with Crippen molar-refractivity contribution < 1.29 is 27.4 Å². The number of nitrogens with one attached hydrogen (secondary N) is 2. The van der Waals surface area contributed by atoms with Crippen LogP contribution in [0.15, 0.2) is 30.5 Å². The van der Waals surface area contributed by atoms with Crippen LogP contribution in [-0.4, -0.2) is 40.5 Å². The first-order valence-corrected chi connectivity index (χ1v) is 10.3. The molecule has 1 aliphatic rings. The Bertz CT molecular complexity index is 1160. The average molecular weight is 451 g/mol. The molecule has 1 atom stereocenters. The van der Waals surface area contributed by atoms with Gasteiger partial charge in [-0.2, -0.15) is 13.2 Å². The molecule has 0 bridgehead atoms. The molecule has 32 heavy (non-hydrogen) atoms. The Morgan fingerprint density at radius 1 is 1.19 bits per heavy atom. The third-order valence-corrected chi connectivity index (χ3v) is 6.04. The number of hydrogen-bond acceptors (Lipinski definition) is 4. The van der Waals surface area contributed by atoms with Gasteiger partial charge in [-0.05, 0) is 36.1 Å². The first-order valence-electron chi connectivity index (χ1n) is 10.3. The highest BCUT2D eigenvalue weighted by molar-refractivity contribution is 5.82. The number of rotatable bonds is 6. The predicted octanol–water partition coefficient (Wildman–Crippen LogP) is 4.88. The van der Waals surface area contributed by atoms with Gasteiger partial charge in [-0.25, -0.2) is 9.37 Å². The van der Waals surface area contributed by atoms with Crippen LogP contribution in [0.4, 0.5) is 23.4 Å². The molecular formula is C23H25F4N3O2. The highest BCUT2D eigenvalue weighted by Crippen LogP contribution is 2.47. The second-order valence-electron chi connectivity index (χ2n) is 9.01. The van der Waals surface area contributed by atoms with Crippen LogP contribution in [0.5, 0.6) is 5.75 Å². The van der Waals surface area contributed by atoms with Gasteiger partial charge in [0.15, 0.2) is 5.60 Å². The second kappa shape index (κ2) is 7.65. The van der Waals surface area contributed by atoms with E-state index in [4.69, 9.17) is 4.74 Å². The lowest BCUT2D eigenvalue weighted by molar-refractivity contribution is -0.266. The van der Waals surface area contributed by atoms with Crippen LogP contribution >= 0.6 is 0 Å². The molecule has 3 aromatic rings. The molecule has 0 amide bonds. The smallest absolute Gasteiger partial charge is 0.417 e. The summed E-state index contributed by atoms with van der Waals surface area (Å²) < 4.78 is 62.3. The normalized spacial score (nSPS) is 16.0. The molecule has 3 heterocycles. The van der Waals surface area contributed by atoms with Crippen LogP contribution in [0.2, 0.25) is 0 Å². The zero-order valence-electron chi connectivity index (χ0n) is 18.0. The molecule has 0 saturated carbocycles. The topological polar surface area (TPSA) is 70.2 Å². The van der Waals surface area contributed by atoms with E-state index >= 15 is 0 Å². The molecule has 5 nitrogen and oxygen atoms in total. The van der Waals surface area contributed by atoms with Gasteiger partial charge in [-0.1, -0.05) is 13.8 Å². The number of halogens is 4. The van der Waals surface area contributed by atoms with Crippen molar-refractivity contribution in [3.05, 3.63) is 53.1 Å². The number of pyridine rings is 1. The van der Waals surface area contributed by atoms with E-state index in [0.717, 1.165) is 0 Å². The van der Waals surface area contributed by atoms with E-state index in [0.29, 0.717) is 46.6 Å². The Balaban J connectivity index is 1.70. The largest absolute Gasteiger partial charge is 0.493 e. The van der Waals surface area contributed by atoms with Crippen molar-refractivity contribution in [1.29, 1.82) is 0 Å². The van der Waals surface area contributed by atoms with Gasteiger partial charge >= 0.3 is 6.18 Å². The first kappa shape index (κ1) is 22.4. The summed E-state index contributed by atoms with van der Waals surface area (Å²) in [5, 5.41) is 14.5. The van der Waals surface area contributed by atoms with Crippen molar-refractivity contribution in [2.24, 2.45) is 0 Å². The molecule has 1 unspecified atom stereocenters. The highest BCUT2D eigenvalue weighted by Gasteiger charge is 2.56. The molecule has 1 aliphatic heterocycles. The van der Waals surface area contributed by atoms with E-state index in [2.05, 4.69) is 15.3 Å². The Labute approximate surface area is 182 Å². The molecule has 0 fully saturated rings. The lowest BCUT2D eigenvalue weighted by Crippen LogP contribution is -2.51. The minimum atomic E-state index is -4.91. The summed E-state index contributed by atoms with van der Waals surface area (Å²) in [5.41, 5.74) is -2.51. The average Bonchev–Trinajstić information content (AvgIpc) is 3.30. The van der Waals surface area contributed by atoms with Crippen LogP contribution in [0, 0.1) is 5.82 Å². The summed E-state index contributed by atoms with van der Waals surface area (Å²) in [7, 11) is 1.69.